The highest BCUT2D eigenvalue weighted by molar-refractivity contribution is 6.31. The minimum Gasteiger partial charge on any atom is -0.497 e. The second-order valence-corrected chi connectivity index (χ2v) is 6.97. The summed E-state index contributed by atoms with van der Waals surface area (Å²) in [6.07, 6.45) is 3.29. The summed E-state index contributed by atoms with van der Waals surface area (Å²) in [7, 11) is 1.58. The van der Waals surface area contributed by atoms with Crippen molar-refractivity contribution < 1.29 is 9.53 Å². The number of hydrogen-bond donors (Lipinski definition) is 0. The number of ether oxygens (including phenoxy) is 1. The van der Waals surface area contributed by atoms with Crippen molar-refractivity contribution in [3.63, 3.8) is 0 Å². The Balaban J connectivity index is 1.70. The maximum atomic E-state index is 12.6. The van der Waals surface area contributed by atoms with E-state index < -0.39 is 0 Å². The third-order valence-electron chi connectivity index (χ3n) is 4.71. The number of allylic oxidation sites excluding steroid dienone is 1. The number of benzene rings is 3. The van der Waals surface area contributed by atoms with E-state index in [4.69, 9.17) is 21.3 Å². The van der Waals surface area contributed by atoms with Crippen LogP contribution in [-0.2, 0) is 6.54 Å². The van der Waals surface area contributed by atoms with Gasteiger partial charge in [0.05, 0.1) is 24.7 Å². The molecule has 0 aliphatic rings. The van der Waals surface area contributed by atoms with Gasteiger partial charge in [-0.25, -0.2) is 4.98 Å². The number of halogens is 1. The topological polar surface area (TPSA) is 44.1 Å². The first-order chi connectivity index (χ1) is 14.2. The zero-order chi connectivity index (χ0) is 20.2. The van der Waals surface area contributed by atoms with Gasteiger partial charge in [-0.15, -0.1) is 0 Å². The number of nitrogens with zero attached hydrogens (tertiary/aromatic N) is 2. The van der Waals surface area contributed by atoms with E-state index in [1.54, 1.807) is 37.5 Å². The number of rotatable bonds is 6. The first-order valence-corrected chi connectivity index (χ1v) is 9.58. The van der Waals surface area contributed by atoms with Gasteiger partial charge in [-0.3, -0.25) is 4.79 Å². The molecule has 0 bridgehead atoms. The quantitative estimate of drug-likeness (QED) is 0.309. The van der Waals surface area contributed by atoms with E-state index >= 15 is 0 Å². The van der Waals surface area contributed by atoms with E-state index in [9.17, 15) is 4.79 Å². The zero-order valence-electron chi connectivity index (χ0n) is 15.9. The SMILES string of the molecule is COc1cccc(C(=O)/C=C/c2nc3ccccc3n2Cc2ccccc2Cl)c1. The summed E-state index contributed by atoms with van der Waals surface area (Å²) in [5.74, 6) is 1.23. The van der Waals surface area contributed by atoms with Gasteiger partial charge < -0.3 is 9.30 Å². The van der Waals surface area contributed by atoms with Crippen molar-refractivity contribution in [3.05, 3.63) is 101 Å². The Morgan fingerprint density at radius 2 is 1.86 bits per heavy atom. The lowest BCUT2D eigenvalue weighted by molar-refractivity contribution is 0.104. The molecule has 0 aliphatic heterocycles. The van der Waals surface area contributed by atoms with Crippen molar-refractivity contribution in [3.8, 4) is 5.75 Å². The molecule has 0 fully saturated rings. The summed E-state index contributed by atoms with van der Waals surface area (Å²) >= 11 is 6.36. The van der Waals surface area contributed by atoms with E-state index in [1.165, 1.54) is 0 Å². The van der Waals surface area contributed by atoms with Gasteiger partial charge in [-0.2, -0.15) is 0 Å². The molecule has 0 N–H and O–H groups in total. The number of ketones is 1. The third kappa shape index (κ3) is 4.08. The lowest BCUT2D eigenvalue weighted by Gasteiger charge is -2.09. The van der Waals surface area contributed by atoms with Crippen LogP contribution >= 0.6 is 11.6 Å². The molecule has 0 atom stereocenters. The highest BCUT2D eigenvalue weighted by Gasteiger charge is 2.11. The van der Waals surface area contributed by atoms with Crippen LogP contribution in [0.4, 0.5) is 0 Å². The maximum Gasteiger partial charge on any atom is 0.186 e. The van der Waals surface area contributed by atoms with Crippen LogP contribution in [0.3, 0.4) is 0 Å². The smallest absolute Gasteiger partial charge is 0.186 e. The molecule has 1 aromatic heterocycles. The Bertz CT molecular complexity index is 1210. The molecule has 29 heavy (non-hydrogen) atoms. The molecule has 0 amide bonds. The molecule has 0 spiro atoms. The van der Waals surface area contributed by atoms with Gasteiger partial charge in [0.25, 0.3) is 0 Å². The predicted molar refractivity (Wildman–Crippen MR) is 117 cm³/mol. The molecule has 0 unspecified atom stereocenters. The van der Waals surface area contributed by atoms with Crippen LogP contribution in [0.5, 0.6) is 5.75 Å². The fourth-order valence-corrected chi connectivity index (χ4v) is 3.40. The molecule has 144 valence electrons. The summed E-state index contributed by atoms with van der Waals surface area (Å²) in [4.78, 5) is 17.3. The van der Waals surface area contributed by atoms with Crippen LogP contribution in [0, 0.1) is 0 Å². The van der Waals surface area contributed by atoms with Crippen molar-refractivity contribution in [1.29, 1.82) is 0 Å². The van der Waals surface area contributed by atoms with Gasteiger partial charge in [0.15, 0.2) is 5.78 Å². The Kier molecular flexibility index (Phi) is 5.45. The largest absolute Gasteiger partial charge is 0.497 e. The number of carbonyl (C=O) groups excluding carboxylic acids is 1. The van der Waals surface area contributed by atoms with Crippen molar-refractivity contribution in [2.24, 2.45) is 0 Å². The zero-order valence-corrected chi connectivity index (χ0v) is 16.6. The number of hydrogen-bond acceptors (Lipinski definition) is 3. The second kappa shape index (κ2) is 8.33. The van der Waals surface area contributed by atoms with Gasteiger partial charge in [-0.1, -0.05) is 54.1 Å². The molecular weight excluding hydrogens is 384 g/mol. The summed E-state index contributed by atoms with van der Waals surface area (Å²) in [5, 5.41) is 0.702. The van der Waals surface area contributed by atoms with E-state index in [-0.39, 0.29) is 5.78 Å². The predicted octanol–water partition coefficient (Wildman–Crippen LogP) is 5.64. The lowest BCUT2D eigenvalue weighted by Crippen LogP contribution is -2.03. The van der Waals surface area contributed by atoms with Crippen molar-refractivity contribution in [2.45, 2.75) is 6.54 Å². The highest BCUT2D eigenvalue weighted by Crippen LogP contribution is 2.23. The third-order valence-corrected chi connectivity index (χ3v) is 5.08. The molecule has 4 aromatic rings. The molecule has 0 saturated carbocycles. The van der Waals surface area contributed by atoms with E-state index in [1.807, 2.05) is 54.6 Å². The summed E-state index contributed by atoms with van der Waals surface area (Å²) in [6, 6.07) is 22.7. The summed E-state index contributed by atoms with van der Waals surface area (Å²) in [5.41, 5.74) is 3.41. The molecule has 5 heteroatoms. The normalized spacial score (nSPS) is 11.2. The molecule has 4 rings (SSSR count). The monoisotopic (exact) mass is 402 g/mol. The van der Waals surface area contributed by atoms with Gasteiger partial charge in [0.2, 0.25) is 0 Å². The number of imidazole rings is 1. The fraction of sp³-hybridized carbons (Fsp3) is 0.0833. The van der Waals surface area contributed by atoms with Crippen LogP contribution in [0.2, 0.25) is 5.02 Å². The summed E-state index contributed by atoms with van der Waals surface area (Å²) < 4.78 is 7.26. The van der Waals surface area contributed by atoms with Crippen LogP contribution in [0.1, 0.15) is 21.7 Å². The van der Waals surface area contributed by atoms with Crippen LogP contribution in [0.15, 0.2) is 78.9 Å². The number of methoxy groups -OCH3 is 1. The Hall–Kier alpha value is -3.37. The minimum atomic E-state index is -0.111. The van der Waals surface area contributed by atoms with Gasteiger partial charge >= 0.3 is 0 Å². The first kappa shape index (κ1) is 19.0. The van der Waals surface area contributed by atoms with E-state index in [0.29, 0.717) is 28.7 Å². The molecule has 0 radical (unpaired) electrons. The number of para-hydroxylation sites is 2. The van der Waals surface area contributed by atoms with Crippen molar-refractivity contribution in [2.75, 3.05) is 7.11 Å². The fourth-order valence-electron chi connectivity index (χ4n) is 3.21. The average Bonchev–Trinajstić information content (AvgIpc) is 3.11. The van der Waals surface area contributed by atoms with Gasteiger partial charge in [0, 0.05) is 10.6 Å². The molecule has 0 saturated heterocycles. The molecular formula is C24H19ClN2O2. The first-order valence-electron chi connectivity index (χ1n) is 9.21. The molecule has 3 aromatic carbocycles. The van der Waals surface area contributed by atoms with Gasteiger partial charge in [-0.05, 0) is 48.0 Å². The Labute approximate surface area is 174 Å². The summed E-state index contributed by atoms with van der Waals surface area (Å²) in [6.45, 7) is 0.563. The Morgan fingerprint density at radius 1 is 1.07 bits per heavy atom. The van der Waals surface area contributed by atoms with Gasteiger partial charge in [0.1, 0.15) is 11.6 Å². The van der Waals surface area contributed by atoms with Crippen molar-refractivity contribution >= 4 is 34.5 Å². The molecule has 1 heterocycles. The lowest BCUT2D eigenvalue weighted by atomic mass is 10.1. The van der Waals surface area contributed by atoms with Crippen LogP contribution in [0.25, 0.3) is 17.1 Å². The second-order valence-electron chi connectivity index (χ2n) is 6.57. The molecule has 4 nitrogen and oxygen atoms in total. The van der Waals surface area contributed by atoms with E-state index in [2.05, 4.69) is 4.57 Å². The standard InChI is InChI=1S/C24H19ClN2O2/c1-29-19-9-6-8-17(15-19)23(28)13-14-24-26-21-11-4-5-12-22(21)27(24)16-18-7-2-3-10-20(18)25/h2-15H,16H2,1H3/b14-13+. The van der Waals surface area contributed by atoms with Crippen molar-refractivity contribution in [1.82, 2.24) is 9.55 Å². The molecule has 0 aliphatic carbocycles. The number of carbonyl (C=O) groups is 1. The minimum absolute atomic E-state index is 0.111. The van der Waals surface area contributed by atoms with Crippen LogP contribution < -0.4 is 4.74 Å². The van der Waals surface area contributed by atoms with E-state index in [0.717, 1.165) is 16.6 Å². The van der Waals surface area contributed by atoms with Crippen LogP contribution in [-0.4, -0.2) is 22.4 Å². The number of aromatic nitrogens is 2. The maximum absolute atomic E-state index is 12.6. The highest BCUT2D eigenvalue weighted by atomic mass is 35.5. The Morgan fingerprint density at radius 3 is 2.69 bits per heavy atom. The average molecular weight is 403 g/mol. The number of fused-ring (bicyclic) bond motifs is 1.